The first-order chi connectivity index (χ1) is 16.5. The predicted molar refractivity (Wildman–Crippen MR) is 125 cm³/mol. The van der Waals surface area contributed by atoms with Gasteiger partial charge in [0.1, 0.15) is 23.1 Å². The number of hydrogen-bond donors (Lipinski definition) is 1. The summed E-state index contributed by atoms with van der Waals surface area (Å²) in [5.41, 5.74) is 3.06. The Labute approximate surface area is 196 Å². The summed E-state index contributed by atoms with van der Waals surface area (Å²) in [6, 6.07) is 19.0. The molecule has 3 atom stereocenters. The van der Waals surface area contributed by atoms with Crippen molar-refractivity contribution in [3.8, 4) is 11.5 Å². The van der Waals surface area contributed by atoms with E-state index in [1.807, 2.05) is 11.0 Å². The van der Waals surface area contributed by atoms with E-state index in [-0.39, 0.29) is 23.7 Å². The topological polar surface area (TPSA) is 44.8 Å². The van der Waals surface area contributed by atoms with Gasteiger partial charge >= 0.3 is 6.03 Å². The number of likely N-dealkylation sites (tertiary alicyclic amines) is 2. The molecule has 2 fully saturated rings. The molecular weight excluding hydrogens is 436 g/mol. The molecule has 2 aliphatic heterocycles. The molecule has 0 aromatic heterocycles. The Hall–Kier alpha value is -3.45. The lowest BCUT2D eigenvalue weighted by Gasteiger charge is -2.37. The van der Waals surface area contributed by atoms with Crippen molar-refractivity contribution >= 4 is 11.7 Å². The molecule has 2 bridgehead atoms. The maximum Gasteiger partial charge on any atom is 0.322 e. The zero-order valence-corrected chi connectivity index (χ0v) is 18.6. The quantitative estimate of drug-likeness (QED) is 0.580. The van der Waals surface area contributed by atoms with Crippen LogP contribution in [0.3, 0.4) is 0 Å². The minimum absolute atomic E-state index is 0.0869. The van der Waals surface area contributed by atoms with Crippen LogP contribution >= 0.6 is 0 Å². The van der Waals surface area contributed by atoms with E-state index >= 15 is 0 Å². The van der Waals surface area contributed by atoms with Gasteiger partial charge in [-0.15, -0.1) is 0 Å². The van der Waals surface area contributed by atoms with Crippen LogP contribution in [0.4, 0.5) is 19.3 Å². The minimum atomic E-state index is -0.312. The monoisotopic (exact) mass is 461 g/mol. The van der Waals surface area contributed by atoms with Crippen LogP contribution in [0, 0.1) is 11.6 Å². The van der Waals surface area contributed by atoms with Gasteiger partial charge in [-0.2, -0.15) is 0 Å². The normalized spacial score (nSPS) is 23.2. The highest BCUT2D eigenvalue weighted by molar-refractivity contribution is 5.90. The Balaban J connectivity index is 1.04. The van der Waals surface area contributed by atoms with Gasteiger partial charge in [-0.25, -0.2) is 13.6 Å². The van der Waals surface area contributed by atoms with Crippen LogP contribution in [0.5, 0.6) is 11.5 Å². The molecule has 5 nitrogen and oxygen atoms in total. The third kappa shape index (κ3) is 4.01. The molecule has 1 N–H and O–H groups in total. The van der Waals surface area contributed by atoms with Gasteiger partial charge in [0.2, 0.25) is 0 Å². The fourth-order valence-electron chi connectivity index (χ4n) is 5.63. The van der Waals surface area contributed by atoms with Crippen LogP contribution in [-0.4, -0.2) is 47.0 Å². The number of rotatable bonds is 4. The van der Waals surface area contributed by atoms with Gasteiger partial charge in [0.15, 0.2) is 0 Å². The average molecular weight is 462 g/mol. The number of carbonyl (C=O) groups is 1. The second kappa shape index (κ2) is 8.40. The van der Waals surface area contributed by atoms with E-state index < -0.39 is 0 Å². The summed E-state index contributed by atoms with van der Waals surface area (Å²) in [4.78, 5) is 17.4. The number of fused-ring (bicyclic) bond motifs is 3. The van der Waals surface area contributed by atoms with Gasteiger partial charge in [-0.3, -0.25) is 4.90 Å². The summed E-state index contributed by atoms with van der Waals surface area (Å²) in [5, 5.41) is 2.99. The van der Waals surface area contributed by atoms with E-state index in [2.05, 4.69) is 10.2 Å². The Morgan fingerprint density at radius 3 is 2.18 bits per heavy atom. The summed E-state index contributed by atoms with van der Waals surface area (Å²) < 4.78 is 32.3. The molecule has 3 aliphatic rings. The van der Waals surface area contributed by atoms with Crippen molar-refractivity contribution in [2.45, 2.75) is 37.4 Å². The molecule has 34 heavy (non-hydrogen) atoms. The van der Waals surface area contributed by atoms with E-state index in [0.717, 1.165) is 31.4 Å². The number of piperazine rings is 1. The molecule has 2 saturated heterocycles. The number of ether oxygens (including phenoxy) is 1. The Kier molecular flexibility index (Phi) is 5.21. The number of carbonyl (C=O) groups excluding carboxylic acids is 1. The summed E-state index contributed by atoms with van der Waals surface area (Å²) in [5.74, 6) is 0.678. The van der Waals surface area contributed by atoms with Gasteiger partial charge < -0.3 is 15.0 Å². The van der Waals surface area contributed by atoms with Gasteiger partial charge in [0.25, 0.3) is 0 Å². The third-order valence-corrected chi connectivity index (χ3v) is 7.25. The molecule has 3 unspecified atom stereocenters. The van der Waals surface area contributed by atoms with Gasteiger partial charge in [-0.05, 0) is 91.1 Å². The smallest absolute Gasteiger partial charge is 0.322 e. The third-order valence-electron chi connectivity index (χ3n) is 7.25. The highest BCUT2D eigenvalue weighted by Gasteiger charge is 2.48. The van der Waals surface area contributed by atoms with Crippen molar-refractivity contribution in [1.29, 1.82) is 0 Å². The Bertz CT molecular complexity index is 1220. The molecular formula is C27H25F2N3O2. The van der Waals surface area contributed by atoms with E-state index in [1.165, 1.54) is 17.7 Å². The number of halogens is 2. The molecule has 7 heteroatoms. The van der Waals surface area contributed by atoms with Crippen LogP contribution in [0.15, 0.2) is 66.7 Å². The molecule has 2 amide bonds. The highest BCUT2D eigenvalue weighted by atomic mass is 19.1. The number of amides is 2. The number of nitrogens with one attached hydrogen (secondary N) is 1. The second-order valence-corrected chi connectivity index (χ2v) is 9.38. The molecule has 0 spiro atoms. The Morgan fingerprint density at radius 1 is 0.794 bits per heavy atom. The molecule has 0 radical (unpaired) electrons. The van der Waals surface area contributed by atoms with Crippen molar-refractivity contribution in [3.63, 3.8) is 0 Å². The Morgan fingerprint density at radius 2 is 1.47 bits per heavy atom. The van der Waals surface area contributed by atoms with E-state index in [9.17, 15) is 13.6 Å². The molecule has 6 rings (SSSR count). The number of benzene rings is 3. The first-order valence-corrected chi connectivity index (χ1v) is 11.7. The standard InChI is InChI=1S/C27H25F2N3O2/c28-19-3-7-25(8-4-19)34-26-9-5-21(6-10-26)30-27(33)32-16-23-14-24(32)15-31(23)22-12-17-1-2-20(29)11-18(17)13-22/h1-11,22-24H,12-16H2,(H,30,33). The van der Waals surface area contributed by atoms with Crippen molar-refractivity contribution in [1.82, 2.24) is 9.80 Å². The lowest BCUT2D eigenvalue weighted by Crippen LogP contribution is -2.53. The molecule has 3 aromatic rings. The number of urea groups is 1. The number of hydrogen-bond acceptors (Lipinski definition) is 3. The van der Waals surface area contributed by atoms with Crippen molar-refractivity contribution in [2.24, 2.45) is 0 Å². The lowest BCUT2D eigenvalue weighted by atomic mass is 10.1. The van der Waals surface area contributed by atoms with Gasteiger partial charge in [-0.1, -0.05) is 6.07 Å². The van der Waals surface area contributed by atoms with Crippen LogP contribution in [-0.2, 0) is 12.8 Å². The lowest BCUT2D eigenvalue weighted by molar-refractivity contribution is 0.111. The SMILES string of the molecule is O=C(Nc1ccc(Oc2ccc(F)cc2)cc1)N1CC2CC1CN2C1Cc2ccc(F)cc2C1. The summed E-state index contributed by atoms with van der Waals surface area (Å²) in [6.07, 6.45) is 2.82. The molecule has 3 aromatic carbocycles. The highest BCUT2D eigenvalue weighted by Crippen LogP contribution is 2.37. The first kappa shape index (κ1) is 21.1. The molecule has 174 valence electrons. The van der Waals surface area contributed by atoms with Crippen molar-refractivity contribution < 1.29 is 18.3 Å². The summed E-state index contributed by atoms with van der Waals surface area (Å²) >= 11 is 0. The van der Waals surface area contributed by atoms with E-state index in [4.69, 9.17) is 4.74 Å². The average Bonchev–Trinajstić information content (AvgIpc) is 3.55. The maximum atomic E-state index is 13.6. The fraction of sp³-hybridized carbons (Fsp3) is 0.296. The van der Waals surface area contributed by atoms with Crippen LogP contribution < -0.4 is 10.1 Å². The van der Waals surface area contributed by atoms with Crippen molar-refractivity contribution in [3.05, 3.63) is 89.5 Å². The zero-order valence-electron chi connectivity index (χ0n) is 18.6. The summed E-state index contributed by atoms with van der Waals surface area (Å²) in [6.45, 7) is 1.58. The van der Waals surface area contributed by atoms with E-state index in [0.29, 0.717) is 35.8 Å². The number of anilines is 1. The fourth-order valence-corrected chi connectivity index (χ4v) is 5.63. The van der Waals surface area contributed by atoms with E-state index in [1.54, 1.807) is 48.5 Å². The van der Waals surface area contributed by atoms with Crippen molar-refractivity contribution in [2.75, 3.05) is 18.4 Å². The molecule has 1 aliphatic carbocycles. The zero-order chi connectivity index (χ0) is 23.2. The maximum absolute atomic E-state index is 13.6. The first-order valence-electron chi connectivity index (χ1n) is 11.7. The second-order valence-electron chi connectivity index (χ2n) is 9.38. The van der Waals surface area contributed by atoms with Gasteiger partial charge in [0.05, 0.1) is 0 Å². The molecule has 2 heterocycles. The minimum Gasteiger partial charge on any atom is -0.457 e. The largest absolute Gasteiger partial charge is 0.457 e. The predicted octanol–water partition coefficient (Wildman–Crippen LogP) is 5.21. The number of nitrogens with zero attached hydrogens (tertiary/aromatic N) is 2. The summed E-state index contributed by atoms with van der Waals surface area (Å²) in [7, 11) is 0. The molecule has 0 saturated carbocycles. The van der Waals surface area contributed by atoms with Crippen LogP contribution in [0.2, 0.25) is 0 Å². The van der Waals surface area contributed by atoms with Crippen LogP contribution in [0.1, 0.15) is 17.5 Å². The van der Waals surface area contributed by atoms with Gasteiger partial charge in [0, 0.05) is 36.9 Å². The van der Waals surface area contributed by atoms with Crippen LogP contribution in [0.25, 0.3) is 0 Å².